The van der Waals surface area contributed by atoms with Crippen LogP contribution in [-0.4, -0.2) is 54.7 Å². The summed E-state index contributed by atoms with van der Waals surface area (Å²) >= 11 is 14.4. The van der Waals surface area contributed by atoms with Crippen LogP contribution in [0.25, 0.3) is 0 Å². The molecule has 6 heteroatoms. The minimum absolute atomic E-state index is 0.153. The Morgan fingerprint density at radius 1 is 1.11 bits per heavy atom. The van der Waals surface area contributed by atoms with E-state index in [0.29, 0.717) is 23.5 Å². The van der Waals surface area contributed by atoms with Gasteiger partial charge >= 0.3 is 0 Å². The lowest BCUT2D eigenvalue weighted by Gasteiger charge is -2.45. The van der Waals surface area contributed by atoms with E-state index in [0.717, 1.165) is 30.6 Å². The summed E-state index contributed by atoms with van der Waals surface area (Å²) < 4.78 is 6.23. The smallest absolute Gasteiger partial charge is 0.0689 e. The van der Waals surface area contributed by atoms with Gasteiger partial charge in [0.05, 0.1) is 12.2 Å². The Morgan fingerprint density at radius 3 is 2.60 bits per heavy atom. The molecular weight excluding hydrogens is 495 g/mol. The van der Waals surface area contributed by atoms with Crippen LogP contribution >= 0.6 is 34.5 Å². The topological polar surface area (TPSA) is 15.7 Å². The van der Waals surface area contributed by atoms with Crippen molar-refractivity contribution in [2.24, 2.45) is 11.8 Å². The highest BCUT2D eigenvalue weighted by atomic mass is 35.5. The SMILES string of the molecule is C=CCOC1(CC2CCN(CC3CN(Cc4ccc(Cl)cc4Cl)CC3c3ccsc3)CC2)CCC1. The molecule has 3 aliphatic rings. The summed E-state index contributed by atoms with van der Waals surface area (Å²) in [6.07, 6.45) is 9.54. The van der Waals surface area contributed by atoms with E-state index in [2.05, 4.69) is 39.3 Å². The van der Waals surface area contributed by atoms with Gasteiger partial charge in [-0.3, -0.25) is 4.90 Å². The summed E-state index contributed by atoms with van der Waals surface area (Å²) in [6.45, 7) is 11.3. The van der Waals surface area contributed by atoms with E-state index >= 15 is 0 Å². The van der Waals surface area contributed by atoms with E-state index < -0.39 is 0 Å². The zero-order chi connectivity index (χ0) is 24.3. The van der Waals surface area contributed by atoms with Gasteiger partial charge in [-0.25, -0.2) is 0 Å². The lowest BCUT2D eigenvalue weighted by Crippen LogP contribution is -2.45. The highest BCUT2D eigenvalue weighted by Crippen LogP contribution is 2.43. The first-order valence-electron chi connectivity index (χ1n) is 13.2. The largest absolute Gasteiger partial charge is 0.371 e. The molecule has 2 unspecified atom stereocenters. The van der Waals surface area contributed by atoms with E-state index in [9.17, 15) is 0 Å². The van der Waals surface area contributed by atoms with Gasteiger partial charge in [0.25, 0.3) is 0 Å². The van der Waals surface area contributed by atoms with Crippen LogP contribution in [0, 0.1) is 11.8 Å². The fourth-order valence-electron chi connectivity index (χ4n) is 6.47. The maximum atomic E-state index is 6.51. The van der Waals surface area contributed by atoms with Gasteiger partial charge in [0.1, 0.15) is 0 Å². The van der Waals surface area contributed by atoms with E-state index in [1.165, 1.54) is 69.3 Å². The molecule has 3 heterocycles. The van der Waals surface area contributed by atoms with Crippen LogP contribution in [0.5, 0.6) is 0 Å². The Kier molecular flexibility index (Phi) is 8.59. The van der Waals surface area contributed by atoms with Crippen molar-refractivity contribution in [1.29, 1.82) is 0 Å². The molecule has 2 atom stereocenters. The van der Waals surface area contributed by atoms with Crippen molar-refractivity contribution in [3.8, 4) is 0 Å². The van der Waals surface area contributed by atoms with Crippen molar-refractivity contribution in [2.45, 2.75) is 56.6 Å². The van der Waals surface area contributed by atoms with Gasteiger partial charge < -0.3 is 9.64 Å². The molecule has 0 bridgehead atoms. The predicted molar refractivity (Wildman–Crippen MR) is 149 cm³/mol. The standard InChI is InChI=1S/C29H38Cl2N2OS/c1-2-13-34-29(9-3-10-29)16-22-6-11-32(12-7-22)18-25-19-33(20-27(25)24-8-14-35-21-24)17-23-4-5-26(30)15-28(23)31/h2,4-5,8,14-15,21-22,25,27H,1,3,6-7,9-13,16-20H2. The first-order chi connectivity index (χ1) is 17.0. The zero-order valence-corrected chi connectivity index (χ0v) is 23.0. The van der Waals surface area contributed by atoms with Gasteiger partial charge in [-0.05, 0) is 104 Å². The normalized spacial score (nSPS) is 25.5. The second kappa shape index (κ2) is 11.7. The Labute approximate surface area is 225 Å². The van der Waals surface area contributed by atoms with Crippen molar-refractivity contribution >= 4 is 34.5 Å². The molecule has 0 amide bonds. The maximum Gasteiger partial charge on any atom is 0.0689 e. The number of hydrogen-bond acceptors (Lipinski definition) is 4. The van der Waals surface area contributed by atoms with Crippen molar-refractivity contribution in [3.63, 3.8) is 0 Å². The molecule has 2 aromatic rings. The molecule has 2 aliphatic heterocycles. The van der Waals surface area contributed by atoms with Gasteiger partial charge in [-0.1, -0.05) is 35.3 Å². The number of ether oxygens (including phenoxy) is 1. The quantitative estimate of drug-likeness (QED) is 0.294. The van der Waals surface area contributed by atoms with Gasteiger partial charge in [-0.15, -0.1) is 6.58 Å². The van der Waals surface area contributed by atoms with Crippen molar-refractivity contribution < 1.29 is 4.74 Å². The van der Waals surface area contributed by atoms with Gasteiger partial charge in [0.2, 0.25) is 0 Å². The van der Waals surface area contributed by atoms with E-state index in [1.54, 1.807) is 0 Å². The van der Waals surface area contributed by atoms with E-state index in [1.807, 2.05) is 29.5 Å². The van der Waals surface area contributed by atoms with Gasteiger partial charge in [0, 0.05) is 42.1 Å². The summed E-state index contributed by atoms with van der Waals surface area (Å²) in [4.78, 5) is 5.32. The average Bonchev–Trinajstić information content (AvgIpc) is 3.49. The van der Waals surface area contributed by atoms with Gasteiger partial charge in [0.15, 0.2) is 0 Å². The first kappa shape index (κ1) is 25.8. The van der Waals surface area contributed by atoms with Crippen LogP contribution in [0.3, 0.4) is 0 Å². The van der Waals surface area contributed by atoms with Crippen LogP contribution in [0.4, 0.5) is 0 Å². The Bertz CT molecular complexity index is 969. The maximum absolute atomic E-state index is 6.51. The van der Waals surface area contributed by atoms with Crippen LogP contribution in [0.15, 0.2) is 47.7 Å². The molecule has 1 aromatic heterocycles. The lowest BCUT2D eigenvalue weighted by atomic mass is 9.72. The molecule has 0 N–H and O–H groups in total. The Morgan fingerprint density at radius 2 is 1.94 bits per heavy atom. The summed E-state index contributed by atoms with van der Waals surface area (Å²) in [6, 6.07) is 8.22. The molecule has 1 aliphatic carbocycles. The van der Waals surface area contributed by atoms with Crippen LogP contribution in [0.2, 0.25) is 10.0 Å². The minimum atomic E-state index is 0.153. The number of benzene rings is 1. The Balaban J connectivity index is 1.17. The second-order valence-electron chi connectivity index (χ2n) is 10.9. The second-order valence-corrected chi connectivity index (χ2v) is 12.6. The van der Waals surface area contributed by atoms with Crippen LogP contribution in [0.1, 0.15) is 55.6 Å². The number of rotatable bonds is 10. The first-order valence-corrected chi connectivity index (χ1v) is 14.9. The molecule has 190 valence electrons. The van der Waals surface area contributed by atoms with Crippen molar-refractivity contribution in [3.05, 3.63) is 68.9 Å². The highest BCUT2D eigenvalue weighted by Gasteiger charge is 2.41. The molecule has 2 saturated heterocycles. The number of nitrogens with zero attached hydrogens (tertiary/aromatic N) is 2. The Hall–Kier alpha value is -0.880. The predicted octanol–water partition coefficient (Wildman–Crippen LogP) is 7.50. The van der Waals surface area contributed by atoms with E-state index in [-0.39, 0.29) is 5.60 Å². The third-order valence-electron chi connectivity index (χ3n) is 8.53. The van der Waals surface area contributed by atoms with Crippen LogP contribution in [-0.2, 0) is 11.3 Å². The average molecular weight is 534 g/mol. The molecule has 5 rings (SSSR count). The molecule has 0 radical (unpaired) electrons. The number of hydrogen-bond donors (Lipinski definition) is 0. The van der Waals surface area contributed by atoms with E-state index in [4.69, 9.17) is 27.9 Å². The summed E-state index contributed by atoms with van der Waals surface area (Å²) in [7, 11) is 0. The van der Waals surface area contributed by atoms with Crippen LogP contribution < -0.4 is 0 Å². The lowest BCUT2D eigenvalue weighted by molar-refractivity contribution is -0.107. The fraction of sp³-hybridized carbons (Fsp3) is 0.586. The number of likely N-dealkylation sites (tertiary alicyclic amines) is 2. The molecule has 35 heavy (non-hydrogen) atoms. The third kappa shape index (κ3) is 6.34. The third-order valence-corrected chi connectivity index (χ3v) is 9.82. The molecule has 3 nitrogen and oxygen atoms in total. The molecular formula is C29H38Cl2N2OS. The molecule has 3 fully saturated rings. The number of thiophene rings is 1. The number of halogens is 2. The fourth-order valence-corrected chi connectivity index (χ4v) is 7.67. The molecule has 1 saturated carbocycles. The summed E-state index contributed by atoms with van der Waals surface area (Å²) in [5, 5.41) is 6.05. The minimum Gasteiger partial charge on any atom is -0.371 e. The van der Waals surface area contributed by atoms with Gasteiger partial charge in [-0.2, -0.15) is 11.3 Å². The zero-order valence-electron chi connectivity index (χ0n) is 20.6. The highest BCUT2D eigenvalue weighted by molar-refractivity contribution is 7.08. The monoisotopic (exact) mass is 532 g/mol. The van der Waals surface area contributed by atoms with Crippen molar-refractivity contribution in [1.82, 2.24) is 9.80 Å². The van der Waals surface area contributed by atoms with Crippen molar-refractivity contribution in [2.75, 3.05) is 39.3 Å². The molecule has 1 aromatic carbocycles. The summed E-state index contributed by atoms with van der Waals surface area (Å²) in [5.74, 6) is 2.05. The number of piperidine rings is 1. The summed E-state index contributed by atoms with van der Waals surface area (Å²) in [5.41, 5.74) is 2.83. The molecule has 0 spiro atoms.